The molecule has 2 aromatic carbocycles. The number of Topliss-reactive ketones (excluding diaryl/α,β-unsaturated/α-hetero) is 1. The molecular formula is C23H25NO2S. The highest BCUT2D eigenvalue weighted by Gasteiger charge is 2.21. The van der Waals surface area contributed by atoms with Crippen LogP contribution in [0.1, 0.15) is 64.8 Å². The lowest BCUT2D eigenvalue weighted by Crippen LogP contribution is -2.26. The first-order valence-electron chi connectivity index (χ1n) is 9.92. The van der Waals surface area contributed by atoms with Gasteiger partial charge in [-0.3, -0.25) is 9.59 Å². The molecule has 1 N–H and O–H groups in total. The van der Waals surface area contributed by atoms with E-state index >= 15 is 0 Å². The van der Waals surface area contributed by atoms with E-state index in [-0.39, 0.29) is 11.7 Å². The molecule has 1 aliphatic carbocycles. The average Bonchev–Trinajstić information content (AvgIpc) is 2.84. The van der Waals surface area contributed by atoms with Gasteiger partial charge in [-0.05, 0) is 36.1 Å². The van der Waals surface area contributed by atoms with E-state index < -0.39 is 0 Å². The maximum atomic E-state index is 12.6. The lowest BCUT2D eigenvalue weighted by Gasteiger charge is -2.21. The zero-order valence-corrected chi connectivity index (χ0v) is 16.3. The lowest BCUT2D eigenvalue weighted by atomic mass is 9.87. The van der Waals surface area contributed by atoms with E-state index in [2.05, 4.69) is 5.32 Å². The molecule has 0 radical (unpaired) electrons. The summed E-state index contributed by atoms with van der Waals surface area (Å²) >= 11 is 1.58. The second kappa shape index (κ2) is 8.30. The molecule has 0 bridgehead atoms. The van der Waals surface area contributed by atoms with Gasteiger partial charge >= 0.3 is 0 Å². The van der Waals surface area contributed by atoms with Crippen molar-refractivity contribution in [1.29, 1.82) is 0 Å². The summed E-state index contributed by atoms with van der Waals surface area (Å²) in [6.07, 6.45) is 8.11. The zero-order chi connectivity index (χ0) is 18.6. The third kappa shape index (κ3) is 4.27. The Morgan fingerprint density at radius 1 is 1.04 bits per heavy atom. The standard InChI is InChI=1S/C23H25NO2S/c25-20-14-17-10-11-18(15-22(17)27-21-9-5-4-8-19(20)21)23(26)24-13-12-16-6-2-1-3-7-16/h4-5,8-11,15-16H,1-3,6-7,12-14H2,(H,24,26). The van der Waals surface area contributed by atoms with Crippen LogP contribution in [0.5, 0.6) is 0 Å². The molecule has 1 amide bonds. The number of carbonyl (C=O) groups excluding carboxylic acids is 2. The minimum Gasteiger partial charge on any atom is -0.352 e. The molecule has 0 unspecified atom stereocenters. The second-order valence-corrected chi connectivity index (χ2v) is 8.65. The molecule has 4 rings (SSSR count). The Labute approximate surface area is 164 Å². The number of amides is 1. The van der Waals surface area contributed by atoms with Gasteiger partial charge in [-0.2, -0.15) is 0 Å². The Morgan fingerprint density at radius 3 is 2.70 bits per heavy atom. The molecule has 1 heterocycles. The van der Waals surface area contributed by atoms with Gasteiger partial charge in [-0.25, -0.2) is 0 Å². The molecule has 0 aromatic heterocycles. The fraction of sp³-hybridized carbons (Fsp3) is 0.391. The van der Waals surface area contributed by atoms with Gasteiger partial charge in [0.2, 0.25) is 0 Å². The first-order valence-corrected chi connectivity index (χ1v) is 10.7. The van der Waals surface area contributed by atoms with Crippen molar-refractivity contribution >= 4 is 23.5 Å². The van der Waals surface area contributed by atoms with Crippen LogP contribution in [0.3, 0.4) is 0 Å². The van der Waals surface area contributed by atoms with Crippen LogP contribution in [0.25, 0.3) is 0 Å². The fourth-order valence-electron chi connectivity index (χ4n) is 4.08. The number of hydrogen-bond donors (Lipinski definition) is 1. The molecule has 2 aliphatic rings. The topological polar surface area (TPSA) is 46.2 Å². The van der Waals surface area contributed by atoms with E-state index in [1.165, 1.54) is 32.1 Å². The monoisotopic (exact) mass is 379 g/mol. The maximum Gasteiger partial charge on any atom is 0.251 e. The molecule has 1 fully saturated rings. The largest absolute Gasteiger partial charge is 0.352 e. The Kier molecular flexibility index (Phi) is 5.63. The normalized spacial score (nSPS) is 17.0. The molecule has 2 aromatic rings. The summed E-state index contributed by atoms with van der Waals surface area (Å²) in [5.41, 5.74) is 2.45. The van der Waals surface area contributed by atoms with Gasteiger partial charge in [0.1, 0.15) is 0 Å². The number of nitrogens with one attached hydrogen (secondary N) is 1. The highest BCUT2D eigenvalue weighted by molar-refractivity contribution is 7.99. The number of hydrogen-bond acceptors (Lipinski definition) is 3. The third-order valence-electron chi connectivity index (χ3n) is 5.65. The van der Waals surface area contributed by atoms with Crippen LogP contribution in [0.2, 0.25) is 0 Å². The molecule has 1 saturated carbocycles. The molecule has 27 heavy (non-hydrogen) atoms. The van der Waals surface area contributed by atoms with Crippen molar-refractivity contribution in [2.24, 2.45) is 5.92 Å². The summed E-state index contributed by atoms with van der Waals surface area (Å²) in [6, 6.07) is 13.4. The Hall–Kier alpha value is -2.07. The van der Waals surface area contributed by atoms with Crippen LogP contribution in [0.15, 0.2) is 52.3 Å². The summed E-state index contributed by atoms with van der Waals surface area (Å²) < 4.78 is 0. The number of fused-ring (bicyclic) bond motifs is 2. The SMILES string of the molecule is O=C(NCCC1CCCCC1)c1ccc2c(c1)Sc1ccccc1C(=O)C2. The highest BCUT2D eigenvalue weighted by Crippen LogP contribution is 2.37. The van der Waals surface area contributed by atoms with Crippen molar-refractivity contribution in [3.8, 4) is 0 Å². The van der Waals surface area contributed by atoms with E-state index in [0.29, 0.717) is 12.0 Å². The van der Waals surface area contributed by atoms with Crippen molar-refractivity contribution in [2.45, 2.75) is 54.7 Å². The fourth-order valence-corrected chi connectivity index (χ4v) is 5.21. The van der Waals surface area contributed by atoms with Crippen LogP contribution in [0, 0.1) is 5.92 Å². The van der Waals surface area contributed by atoms with E-state index in [0.717, 1.165) is 39.8 Å². The van der Waals surface area contributed by atoms with Gasteiger partial charge in [0, 0.05) is 33.9 Å². The predicted molar refractivity (Wildman–Crippen MR) is 109 cm³/mol. The van der Waals surface area contributed by atoms with Gasteiger partial charge in [-0.1, -0.05) is 68.1 Å². The van der Waals surface area contributed by atoms with E-state index in [1.807, 2.05) is 42.5 Å². The quantitative estimate of drug-likeness (QED) is 0.786. The highest BCUT2D eigenvalue weighted by atomic mass is 32.2. The molecule has 140 valence electrons. The van der Waals surface area contributed by atoms with E-state index in [9.17, 15) is 9.59 Å². The zero-order valence-electron chi connectivity index (χ0n) is 15.5. The van der Waals surface area contributed by atoms with Crippen molar-refractivity contribution in [3.05, 3.63) is 59.2 Å². The summed E-state index contributed by atoms with van der Waals surface area (Å²) in [4.78, 5) is 27.0. The van der Waals surface area contributed by atoms with E-state index in [1.54, 1.807) is 11.8 Å². The molecule has 0 atom stereocenters. The Balaban J connectivity index is 1.44. The summed E-state index contributed by atoms with van der Waals surface area (Å²) in [5, 5.41) is 3.08. The molecule has 4 heteroatoms. The number of ketones is 1. The lowest BCUT2D eigenvalue weighted by molar-refractivity contribution is 0.0949. The van der Waals surface area contributed by atoms with Crippen LogP contribution >= 0.6 is 11.8 Å². The van der Waals surface area contributed by atoms with Crippen LogP contribution < -0.4 is 5.32 Å². The van der Waals surface area contributed by atoms with Gasteiger partial charge in [0.05, 0.1) is 0 Å². The van der Waals surface area contributed by atoms with Gasteiger partial charge in [-0.15, -0.1) is 0 Å². The van der Waals surface area contributed by atoms with Crippen LogP contribution in [0.4, 0.5) is 0 Å². The Morgan fingerprint density at radius 2 is 1.85 bits per heavy atom. The number of rotatable bonds is 4. The minimum absolute atomic E-state index is 0.0157. The van der Waals surface area contributed by atoms with Crippen molar-refractivity contribution in [3.63, 3.8) is 0 Å². The smallest absolute Gasteiger partial charge is 0.251 e. The van der Waals surface area contributed by atoms with Gasteiger partial charge in [0.25, 0.3) is 5.91 Å². The van der Waals surface area contributed by atoms with Crippen molar-refractivity contribution in [1.82, 2.24) is 5.32 Å². The molecule has 1 aliphatic heterocycles. The summed E-state index contributed by atoms with van der Waals surface area (Å²) in [5.74, 6) is 0.892. The number of carbonyl (C=O) groups is 2. The molecular weight excluding hydrogens is 354 g/mol. The summed E-state index contributed by atoms with van der Waals surface area (Å²) in [7, 11) is 0. The van der Waals surface area contributed by atoms with Crippen LogP contribution in [-0.4, -0.2) is 18.2 Å². The van der Waals surface area contributed by atoms with Gasteiger partial charge in [0.15, 0.2) is 5.78 Å². The number of benzene rings is 2. The Bertz CT molecular complexity index is 855. The average molecular weight is 380 g/mol. The maximum absolute atomic E-state index is 12.6. The van der Waals surface area contributed by atoms with E-state index in [4.69, 9.17) is 0 Å². The molecule has 0 saturated heterocycles. The first kappa shape index (κ1) is 18.3. The van der Waals surface area contributed by atoms with Gasteiger partial charge < -0.3 is 5.32 Å². The molecule has 3 nitrogen and oxygen atoms in total. The summed E-state index contributed by atoms with van der Waals surface area (Å²) in [6.45, 7) is 0.745. The second-order valence-electron chi connectivity index (χ2n) is 7.57. The molecule has 0 spiro atoms. The van der Waals surface area contributed by atoms with Crippen molar-refractivity contribution < 1.29 is 9.59 Å². The minimum atomic E-state index is -0.0157. The van der Waals surface area contributed by atoms with Crippen LogP contribution in [-0.2, 0) is 6.42 Å². The predicted octanol–water partition coefficient (Wildman–Crippen LogP) is 5.28. The first-order chi connectivity index (χ1) is 13.2. The van der Waals surface area contributed by atoms with Crippen molar-refractivity contribution in [2.75, 3.05) is 6.54 Å². The third-order valence-corrected chi connectivity index (χ3v) is 6.83.